The van der Waals surface area contributed by atoms with Crippen molar-refractivity contribution in [1.82, 2.24) is 5.32 Å². The van der Waals surface area contributed by atoms with E-state index in [1.165, 1.54) is 0 Å². The lowest BCUT2D eigenvalue weighted by Crippen LogP contribution is -2.24. The summed E-state index contributed by atoms with van der Waals surface area (Å²) in [5.74, 6) is 0.117. The second-order valence-corrected chi connectivity index (χ2v) is 4.62. The molecule has 0 spiro atoms. The highest BCUT2D eigenvalue weighted by Gasteiger charge is 2.05. The number of nitrogens with one attached hydrogen (secondary N) is 1. The summed E-state index contributed by atoms with van der Waals surface area (Å²) in [7, 11) is 0. The number of aromatic hydroxyl groups is 1. The first-order valence-electron chi connectivity index (χ1n) is 5.93. The van der Waals surface area contributed by atoms with Crippen LogP contribution in [0.3, 0.4) is 0 Å². The van der Waals surface area contributed by atoms with E-state index in [9.17, 15) is 4.79 Å². The predicted molar refractivity (Wildman–Crippen MR) is 75.1 cm³/mol. The van der Waals surface area contributed by atoms with E-state index in [2.05, 4.69) is 5.32 Å². The monoisotopic (exact) mass is 275 g/mol. The fraction of sp³-hybridized carbons (Fsp3) is 0.133. The summed E-state index contributed by atoms with van der Waals surface area (Å²) in [6.07, 6.45) is 0.282. The number of amides is 1. The Morgan fingerprint density at radius 2 is 1.79 bits per heavy atom. The quantitative estimate of drug-likeness (QED) is 0.901. The van der Waals surface area contributed by atoms with Gasteiger partial charge in [-0.1, -0.05) is 41.9 Å². The van der Waals surface area contributed by atoms with Crippen LogP contribution in [-0.4, -0.2) is 11.0 Å². The Hall–Kier alpha value is -2.00. The first-order valence-corrected chi connectivity index (χ1v) is 6.31. The van der Waals surface area contributed by atoms with Crippen LogP contribution in [0.15, 0.2) is 48.5 Å². The summed E-state index contributed by atoms with van der Waals surface area (Å²) < 4.78 is 0. The average Bonchev–Trinajstić information content (AvgIpc) is 2.40. The molecule has 2 aromatic carbocycles. The largest absolute Gasteiger partial charge is 0.508 e. The van der Waals surface area contributed by atoms with Gasteiger partial charge in [0.15, 0.2) is 0 Å². The molecule has 0 radical (unpaired) electrons. The van der Waals surface area contributed by atoms with Crippen LogP contribution < -0.4 is 5.32 Å². The second kappa shape index (κ2) is 6.25. The number of hydrogen-bond acceptors (Lipinski definition) is 2. The molecule has 0 aromatic heterocycles. The Labute approximate surface area is 116 Å². The summed E-state index contributed by atoms with van der Waals surface area (Å²) in [6, 6.07) is 14.0. The molecule has 0 unspecified atom stereocenters. The Kier molecular flexibility index (Phi) is 4.42. The zero-order valence-electron chi connectivity index (χ0n) is 10.3. The number of benzene rings is 2. The molecule has 0 aliphatic rings. The first kappa shape index (κ1) is 13.4. The van der Waals surface area contributed by atoms with E-state index in [4.69, 9.17) is 16.7 Å². The van der Waals surface area contributed by atoms with E-state index in [-0.39, 0.29) is 18.1 Å². The molecule has 0 aliphatic heterocycles. The zero-order valence-corrected chi connectivity index (χ0v) is 11.0. The van der Waals surface area contributed by atoms with Crippen molar-refractivity contribution in [2.24, 2.45) is 0 Å². The molecule has 2 N–H and O–H groups in total. The van der Waals surface area contributed by atoms with Gasteiger partial charge in [0.25, 0.3) is 0 Å². The second-order valence-electron chi connectivity index (χ2n) is 4.21. The Morgan fingerprint density at radius 3 is 2.47 bits per heavy atom. The molecule has 19 heavy (non-hydrogen) atoms. The minimum Gasteiger partial charge on any atom is -0.508 e. The summed E-state index contributed by atoms with van der Waals surface area (Å²) in [5.41, 5.74) is 1.75. The SMILES string of the molecule is O=C(Cc1ccc(O)cc1)NCc1ccccc1Cl. The maximum atomic E-state index is 11.8. The van der Waals surface area contributed by atoms with Crippen molar-refractivity contribution >= 4 is 17.5 Å². The maximum Gasteiger partial charge on any atom is 0.224 e. The maximum absolute atomic E-state index is 11.8. The van der Waals surface area contributed by atoms with Crippen molar-refractivity contribution < 1.29 is 9.90 Å². The van der Waals surface area contributed by atoms with Gasteiger partial charge in [0.2, 0.25) is 5.91 Å². The van der Waals surface area contributed by atoms with Gasteiger partial charge in [0.1, 0.15) is 5.75 Å². The summed E-state index contributed by atoms with van der Waals surface area (Å²) in [6.45, 7) is 0.413. The molecule has 4 heteroatoms. The van der Waals surface area contributed by atoms with E-state index >= 15 is 0 Å². The third-order valence-corrected chi connectivity index (χ3v) is 3.10. The van der Waals surface area contributed by atoms with Crippen LogP contribution in [-0.2, 0) is 17.8 Å². The fourth-order valence-corrected chi connectivity index (χ4v) is 1.90. The molecule has 0 atom stereocenters. The highest BCUT2D eigenvalue weighted by Crippen LogP contribution is 2.14. The molecule has 0 aliphatic carbocycles. The topological polar surface area (TPSA) is 49.3 Å². The number of carbonyl (C=O) groups is 1. The Morgan fingerprint density at radius 1 is 1.11 bits per heavy atom. The van der Waals surface area contributed by atoms with E-state index in [0.29, 0.717) is 11.6 Å². The Bertz CT molecular complexity index is 567. The molecule has 98 valence electrons. The predicted octanol–water partition coefficient (Wildman–Crippen LogP) is 2.90. The molecular weight excluding hydrogens is 262 g/mol. The van der Waals surface area contributed by atoms with Gasteiger partial charge in [0, 0.05) is 11.6 Å². The molecule has 2 aromatic rings. The standard InChI is InChI=1S/C15H14ClNO2/c16-14-4-2-1-3-12(14)10-17-15(19)9-11-5-7-13(18)8-6-11/h1-8,18H,9-10H2,(H,17,19). The van der Waals surface area contributed by atoms with E-state index in [1.807, 2.05) is 18.2 Å². The van der Waals surface area contributed by atoms with E-state index < -0.39 is 0 Å². The average molecular weight is 276 g/mol. The highest BCUT2D eigenvalue weighted by atomic mass is 35.5. The van der Waals surface area contributed by atoms with Gasteiger partial charge in [-0.3, -0.25) is 4.79 Å². The Balaban J connectivity index is 1.88. The molecular formula is C15H14ClNO2. The minimum atomic E-state index is -0.0781. The van der Waals surface area contributed by atoms with Crippen LogP contribution in [0.25, 0.3) is 0 Å². The van der Waals surface area contributed by atoms with Gasteiger partial charge in [-0.2, -0.15) is 0 Å². The van der Waals surface area contributed by atoms with Gasteiger partial charge < -0.3 is 10.4 Å². The third-order valence-electron chi connectivity index (χ3n) is 2.73. The lowest BCUT2D eigenvalue weighted by molar-refractivity contribution is -0.120. The first-order chi connectivity index (χ1) is 9.15. The van der Waals surface area contributed by atoms with E-state index in [1.54, 1.807) is 30.3 Å². The van der Waals surface area contributed by atoms with Crippen LogP contribution in [0.5, 0.6) is 5.75 Å². The van der Waals surface area contributed by atoms with Gasteiger partial charge in [-0.05, 0) is 29.3 Å². The number of halogens is 1. The number of carbonyl (C=O) groups excluding carboxylic acids is 1. The van der Waals surface area contributed by atoms with Crippen LogP contribution >= 0.6 is 11.6 Å². The summed E-state index contributed by atoms with van der Waals surface area (Å²) in [5, 5.41) is 12.6. The van der Waals surface area contributed by atoms with Crippen molar-refractivity contribution in [3.05, 3.63) is 64.7 Å². The summed E-state index contributed by atoms with van der Waals surface area (Å²) in [4.78, 5) is 11.8. The molecule has 0 fully saturated rings. The van der Waals surface area contributed by atoms with Gasteiger partial charge >= 0.3 is 0 Å². The fourth-order valence-electron chi connectivity index (χ4n) is 1.70. The van der Waals surface area contributed by atoms with Crippen LogP contribution in [0.2, 0.25) is 5.02 Å². The number of rotatable bonds is 4. The van der Waals surface area contributed by atoms with Crippen LogP contribution in [0, 0.1) is 0 Å². The minimum absolute atomic E-state index is 0.0781. The van der Waals surface area contributed by atoms with Crippen molar-refractivity contribution in [3.8, 4) is 5.75 Å². The molecule has 0 saturated carbocycles. The van der Waals surface area contributed by atoms with Crippen molar-refractivity contribution in [1.29, 1.82) is 0 Å². The highest BCUT2D eigenvalue weighted by molar-refractivity contribution is 6.31. The van der Waals surface area contributed by atoms with Gasteiger partial charge in [-0.15, -0.1) is 0 Å². The normalized spacial score (nSPS) is 10.2. The number of hydrogen-bond donors (Lipinski definition) is 2. The van der Waals surface area contributed by atoms with Gasteiger partial charge in [-0.25, -0.2) is 0 Å². The molecule has 2 rings (SSSR count). The lowest BCUT2D eigenvalue weighted by atomic mass is 10.1. The number of phenols is 1. The third kappa shape index (κ3) is 4.00. The molecule has 0 heterocycles. The van der Waals surface area contributed by atoms with Crippen LogP contribution in [0.1, 0.15) is 11.1 Å². The lowest BCUT2D eigenvalue weighted by Gasteiger charge is -2.07. The zero-order chi connectivity index (χ0) is 13.7. The molecule has 0 saturated heterocycles. The molecule has 3 nitrogen and oxygen atoms in total. The van der Waals surface area contributed by atoms with Crippen LogP contribution in [0.4, 0.5) is 0 Å². The summed E-state index contributed by atoms with van der Waals surface area (Å²) >= 11 is 6.01. The number of phenolic OH excluding ortho intramolecular Hbond substituents is 1. The molecule has 0 bridgehead atoms. The molecule has 1 amide bonds. The van der Waals surface area contributed by atoms with Crippen molar-refractivity contribution in [2.45, 2.75) is 13.0 Å². The van der Waals surface area contributed by atoms with Crippen molar-refractivity contribution in [3.63, 3.8) is 0 Å². The van der Waals surface area contributed by atoms with E-state index in [0.717, 1.165) is 11.1 Å². The smallest absolute Gasteiger partial charge is 0.224 e. The van der Waals surface area contributed by atoms with Crippen molar-refractivity contribution in [2.75, 3.05) is 0 Å². The van der Waals surface area contributed by atoms with Gasteiger partial charge in [0.05, 0.1) is 6.42 Å².